The minimum absolute atomic E-state index is 0.102. The first-order valence-electron chi connectivity index (χ1n) is 4.83. The highest BCUT2D eigenvalue weighted by Crippen LogP contribution is 2.32. The zero-order chi connectivity index (χ0) is 12.1. The van der Waals surface area contributed by atoms with Gasteiger partial charge >= 0.3 is 0 Å². The molecule has 3 nitrogen and oxygen atoms in total. The standard InChI is InChI=1S/C11H14ClNO2S/c1-7-5-8(12)6-9(11(7)15-2)13-10(14)3-4-16/h5-6,16H,3-4H2,1-2H3,(H,13,14). The number of methoxy groups -OCH3 is 1. The molecule has 0 spiro atoms. The van der Waals surface area contributed by atoms with Crippen molar-refractivity contribution in [2.24, 2.45) is 0 Å². The van der Waals surface area contributed by atoms with Gasteiger partial charge in [-0.25, -0.2) is 0 Å². The van der Waals surface area contributed by atoms with Gasteiger partial charge in [-0.1, -0.05) is 11.6 Å². The summed E-state index contributed by atoms with van der Waals surface area (Å²) in [5.41, 5.74) is 1.48. The number of thiol groups is 1. The highest BCUT2D eigenvalue weighted by molar-refractivity contribution is 7.80. The number of hydrogen-bond acceptors (Lipinski definition) is 3. The Kier molecular flexibility index (Phi) is 4.96. The van der Waals surface area contributed by atoms with Crippen LogP contribution in [0.1, 0.15) is 12.0 Å². The first-order valence-corrected chi connectivity index (χ1v) is 5.84. The Hall–Kier alpha value is -0.870. The van der Waals surface area contributed by atoms with Gasteiger partial charge in [0.25, 0.3) is 0 Å². The van der Waals surface area contributed by atoms with E-state index < -0.39 is 0 Å². The van der Waals surface area contributed by atoms with Crippen molar-refractivity contribution in [1.82, 2.24) is 0 Å². The van der Waals surface area contributed by atoms with Crippen molar-refractivity contribution in [2.45, 2.75) is 13.3 Å². The van der Waals surface area contributed by atoms with Crippen molar-refractivity contribution < 1.29 is 9.53 Å². The summed E-state index contributed by atoms with van der Waals surface area (Å²) >= 11 is 9.92. The van der Waals surface area contributed by atoms with Crippen molar-refractivity contribution in [3.05, 3.63) is 22.7 Å². The Labute approximate surface area is 106 Å². The minimum Gasteiger partial charge on any atom is -0.494 e. The zero-order valence-electron chi connectivity index (χ0n) is 9.21. The number of anilines is 1. The number of carbonyl (C=O) groups is 1. The molecule has 0 fully saturated rings. The molecule has 88 valence electrons. The van der Waals surface area contributed by atoms with Crippen molar-refractivity contribution in [2.75, 3.05) is 18.2 Å². The third-order valence-electron chi connectivity index (χ3n) is 2.06. The molecule has 0 saturated carbocycles. The zero-order valence-corrected chi connectivity index (χ0v) is 10.9. The Morgan fingerprint density at radius 1 is 1.56 bits per heavy atom. The topological polar surface area (TPSA) is 38.3 Å². The predicted octanol–water partition coefficient (Wildman–Crippen LogP) is 2.92. The molecule has 0 aliphatic rings. The average Bonchev–Trinajstić information content (AvgIpc) is 2.17. The van der Waals surface area contributed by atoms with Crippen LogP contribution in [0, 0.1) is 6.92 Å². The Bertz CT molecular complexity index is 396. The van der Waals surface area contributed by atoms with E-state index in [-0.39, 0.29) is 5.91 Å². The molecular weight excluding hydrogens is 246 g/mol. The maximum absolute atomic E-state index is 11.4. The van der Waals surface area contributed by atoms with E-state index in [1.54, 1.807) is 19.2 Å². The number of carbonyl (C=O) groups excluding carboxylic acids is 1. The highest BCUT2D eigenvalue weighted by atomic mass is 35.5. The van der Waals surface area contributed by atoms with Crippen LogP contribution in [0.25, 0.3) is 0 Å². The molecular formula is C11H14ClNO2S. The predicted molar refractivity (Wildman–Crippen MR) is 69.8 cm³/mol. The number of halogens is 1. The summed E-state index contributed by atoms with van der Waals surface area (Å²) in [6.07, 6.45) is 0.359. The minimum atomic E-state index is -0.102. The fourth-order valence-electron chi connectivity index (χ4n) is 1.41. The summed E-state index contributed by atoms with van der Waals surface area (Å²) in [6.45, 7) is 1.87. The van der Waals surface area contributed by atoms with Gasteiger partial charge in [-0.05, 0) is 30.4 Å². The summed E-state index contributed by atoms with van der Waals surface area (Å²) < 4.78 is 5.22. The van der Waals surface area contributed by atoms with Crippen LogP contribution in [0.3, 0.4) is 0 Å². The van der Waals surface area contributed by atoms with Gasteiger partial charge in [-0.2, -0.15) is 12.6 Å². The van der Waals surface area contributed by atoms with Crippen LogP contribution >= 0.6 is 24.2 Å². The summed E-state index contributed by atoms with van der Waals surface area (Å²) in [5.74, 6) is 1.04. The highest BCUT2D eigenvalue weighted by Gasteiger charge is 2.10. The van der Waals surface area contributed by atoms with Crippen molar-refractivity contribution >= 4 is 35.8 Å². The van der Waals surface area contributed by atoms with Crippen LogP contribution in [-0.4, -0.2) is 18.8 Å². The molecule has 1 aromatic rings. The van der Waals surface area contributed by atoms with E-state index in [1.807, 2.05) is 6.92 Å². The average molecular weight is 260 g/mol. The smallest absolute Gasteiger partial charge is 0.225 e. The monoisotopic (exact) mass is 259 g/mol. The molecule has 1 amide bonds. The van der Waals surface area contributed by atoms with Crippen LogP contribution in [0.5, 0.6) is 5.75 Å². The first-order chi connectivity index (χ1) is 7.58. The molecule has 0 atom stereocenters. The van der Waals surface area contributed by atoms with E-state index in [9.17, 15) is 4.79 Å². The number of hydrogen-bond donors (Lipinski definition) is 2. The molecule has 0 aliphatic heterocycles. The lowest BCUT2D eigenvalue weighted by Crippen LogP contribution is -2.12. The van der Waals surface area contributed by atoms with Gasteiger partial charge in [-0.15, -0.1) is 0 Å². The molecule has 0 radical (unpaired) electrons. The normalized spacial score (nSPS) is 10.0. The van der Waals surface area contributed by atoms with E-state index in [0.717, 1.165) is 5.56 Å². The van der Waals surface area contributed by atoms with E-state index in [4.69, 9.17) is 16.3 Å². The quantitative estimate of drug-likeness (QED) is 0.816. The second kappa shape index (κ2) is 6.01. The van der Waals surface area contributed by atoms with E-state index in [0.29, 0.717) is 28.6 Å². The van der Waals surface area contributed by atoms with Crippen LogP contribution < -0.4 is 10.1 Å². The lowest BCUT2D eigenvalue weighted by atomic mass is 10.2. The third-order valence-corrected chi connectivity index (χ3v) is 2.50. The van der Waals surface area contributed by atoms with Gasteiger partial charge in [0.1, 0.15) is 5.75 Å². The molecule has 16 heavy (non-hydrogen) atoms. The van der Waals surface area contributed by atoms with Crippen molar-refractivity contribution in [3.8, 4) is 5.75 Å². The van der Waals surface area contributed by atoms with Crippen molar-refractivity contribution in [3.63, 3.8) is 0 Å². The molecule has 5 heteroatoms. The lowest BCUT2D eigenvalue weighted by molar-refractivity contribution is -0.115. The van der Waals surface area contributed by atoms with Crippen LogP contribution in [0.2, 0.25) is 5.02 Å². The van der Waals surface area contributed by atoms with E-state index >= 15 is 0 Å². The van der Waals surface area contributed by atoms with Gasteiger partial charge < -0.3 is 10.1 Å². The van der Waals surface area contributed by atoms with E-state index in [1.165, 1.54) is 0 Å². The number of ether oxygens (including phenoxy) is 1. The number of nitrogens with one attached hydrogen (secondary N) is 1. The number of benzene rings is 1. The fourth-order valence-corrected chi connectivity index (χ4v) is 1.88. The third kappa shape index (κ3) is 3.32. The van der Waals surface area contributed by atoms with Crippen LogP contribution in [-0.2, 0) is 4.79 Å². The second-order valence-corrected chi connectivity index (χ2v) is 4.21. The summed E-state index contributed by atoms with van der Waals surface area (Å²) in [7, 11) is 1.56. The molecule has 1 rings (SSSR count). The van der Waals surface area contributed by atoms with Crippen molar-refractivity contribution in [1.29, 1.82) is 0 Å². The maximum atomic E-state index is 11.4. The summed E-state index contributed by atoms with van der Waals surface area (Å²) in [6, 6.07) is 3.46. The van der Waals surface area contributed by atoms with Gasteiger partial charge in [0, 0.05) is 11.4 Å². The lowest BCUT2D eigenvalue weighted by Gasteiger charge is -2.12. The van der Waals surface area contributed by atoms with Crippen LogP contribution in [0.15, 0.2) is 12.1 Å². The van der Waals surface area contributed by atoms with Gasteiger partial charge in [0.05, 0.1) is 12.8 Å². The Morgan fingerprint density at radius 2 is 2.25 bits per heavy atom. The number of amides is 1. The van der Waals surface area contributed by atoms with E-state index in [2.05, 4.69) is 17.9 Å². The number of aryl methyl sites for hydroxylation is 1. The van der Waals surface area contributed by atoms with Crippen LogP contribution in [0.4, 0.5) is 5.69 Å². The Balaban J connectivity index is 2.97. The molecule has 0 unspecified atom stereocenters. The van der Waals surface area contributed by atoms with Gasteiger partial charge in [-0.3, -0.25) is 4.79 Å². The molecule has 0 heterocycles. The van der Waals surface area contributed by atoms with Gasteiger partial charge in [0.2, 0.25) is 5.91 Å². The molecule has 0 saturated heterocycles. The largest absolute Gasteiger partial charge is 0.494 e. The van der Waals surface area contributed by atoms with Gasteiger partial charge in [0.15, 0.2) is 0 Å². The molecule has 1 N–H and O–H groups in total. The SMILES string of the molecule is COc1c(C)cc(Cl)cc1NC(=O)CCS. The number of rotatable bonds is 4. The Morgan fingerprint density at radius 3 is 2.81 bits per heavy atom. The first kappa shape index (κ1) is 13.2. The summed E-state index contributed by atoms with van der Waals surface area (Å²) in [5, 5.41) is 3.32. The summed E-state index contributed by atoms with van der Waals surface area (Å²) in [4.78, 5) is 11.4. The second-order valence-electron chi connectivity index (χ2n) is 3.33. The molecule has 0 aliphatic carbocycles. The molecule has 1 aromatic carbocycles. The molecule has 0 bridgehead atoms. The maximum Gasteiger partial charge on any atom is 0.225 e. The fraction of sp³-hybridized carbons (Fsp3) is 0.364. The molecule has 0 aromatic heterocycles.